The van der Waals surface area contributed by atoms with Gasteiger partial charge >= 0.3 is 0 Å². The molecule has 3 heterocycles. The van der Waals surface area contributed by atoms with Crippen LogP contribution in [-0.4, -0.2) is 52.8 Å². The van der Waals surface area contributed by atoms with Gasteiger partial charge < -0.3 is 0 Å². The minimum atomic E-state index is -0.0134. The van der Waals surface area contributed by atoms with E-state index in [0.29, 0.717) is 0 Å². The number of nitrogens with zero attached hydrogens (tertiary/aromatic N) is 4. The van der Waals surface area contributed by atoms with Crippen LogP contribution in [0.25, 0.3) is 0 Å². The summed E-state index contributed by atoms with van der Waals surface area (Å²) in [6, 6.07) is 16.6. The number of rotatable bonds is 3. The second-order valence-electron chi connectivity index (χ2n) is 8.38. The standard InChI is InChI=1S/C24H28N4O/c1-18-9-10-22-20(15-18)11-14-27-23(22)16-21(17-25-26-12-5-6-13-26)28(27)24(29)19-7-3-2-4-8-19/h2-4,7-10,15,17,21,23H,5-6,11-14,16H2,1H3/b25-17+/t21-,23-/m1/s1. The quantitative estimate of drug-likeness (QED) is 0.751. The highest BCUT2D eigenvalue weighted by molar-refractivity contribution is 5.96. The molecule has 29 heavy (non-hydrogen) atoms. The van der Waals surface area contributed by atoms with Crippen LogP contribution in [0.3, 0.4) is 0 Å². The second-order valence-corrected chi connectivity index (χ2v) is 8.38. The molecule has 3 aliphatic heterocycles. The maximum Gasteiger partial charge on any atom is 0.268 e. The molecule has 3 aliphatic rings. The maximum atomic E-state index is 13.5. The fourth-order valence-electron chi connectivity index (χ4n) is 4.94. The lowest BCUT2D eigenvalue weighted by Gasteiger charge is -2.37. The van der Waals surface area contributed by atoms with Gasteiger partial charge in [0, 0.05) is 31.4 Å². The number of aryl methyl sites for hydroxylation is 1. The largest absolute Gasteiger partial charge is 0.297 e. The van der Waals surface area contributed by atoms with Crippen molar-refractivity contribution in [3.05, 3.63) is 70.8 Å². The molecule has 2 saturated heterocycles. The Morgan fingerprint density at radius 3 is 2.66 bits per heavy atom. The lowest BCUT2D eigenvalue weighted by atomic mass is 9.90. The maximum absolute atomic E-state index is 13.5. The molecule has 5 heteroatoms. The van der Waals surface area contributed by atoms with Gasteiger partial charge in [0.1, 0.15) is 0 Å². The van der Waals surface area contributed by atoms with E-state index >= 15 is 0 Å². The van der Waals surface area contributed by atoms with E-state index in [1.165, 1.54) is 29.5 Å². The van der Waals surface area contributed by atoms with Gasteiger partial charge in [0.15, 0.2) is 0 Å². The third kappa shape index (κ3) is 3.44. The molecule has 2 atom stereocenters. The molecule has 0 aliphatic carbocycles. The van der Waals surface area contributed by atoms with E-state index in [0.717, 1.165) is 38.0 Å². The van der Waals surface area contributed by atoms with Crippen LogP contribution in [0.2, 0.25) is 0 Å². The van der Waals surface area contributed by atoms with Crippen molar-refractivity contribution in [2.45, 2.75) is 44.7 Å². The highest BCUT2D eigenvalue weighted by atomic mass is 16.2. The average Bonchev–Trinajstić information content (AvgIpc) is 3.39. The van der Waals surface area contributed by atoms with Crippen molar-refractivity contribution in [1.82, 2.24) is 15.0 Å². The number of amides is 1. The van der Waals surface area contributed by atoms with E-state index in [-0.39, 0.29) is 18.0 Å². The molecule has 0 bridgehead atoms. The number of fused-ring (bicyclic) bond motifs is 3. The number of hydrogen-bond donors (Lipinski definition) is 0. The van der Waals surface area contributed by atoms with Gasteiger partial charge in [0.25, 0.3) is 5.91 Å². The number of carbonyl (C=O) groups excluding carboxylic acids is 1. The van der Waals surface area contributed by atoms with E-state index in [2.05, 4.69) is 35.1 Å². The third-order valence-electron chi connectivity index (χ3n) is 6.40. The summed E-state index contributed by atoms with van der Waals surface area (Å²) in [4.78, 5) is 13.5. The molecule has 0 spiro atoms. The Kier molecular flexibility index (Phi) is 4.84. The predicted octanol–water partition coefficient (Wildman–Crippen LogP) is 3.81. The van der Waals surface area contributed by atoms with Gasteiger partial charge in [-0.3, -0.25) is 14.8 Å². The van der Waals surface area contributed by atoms with Gasteiger partial charge in [0.2, 0.25) is 0 Å². The molecule has 2 aromatic carbocycles. The summed E-state index contributed by atoms with van der Waals surface area (Å²) in [7, 11) is 0. The number of benzene rings is 2. The van der Waals surface area contributed by atoms with Crippen molar-refractivity contribution in [3.8, 4) is 0 Å². The summed E-state index contributed by atoms with van der Waals surface area (Å²) < 4.78 is 0. The summed E-state index contributed by atoms with van der Waals surface area (Å²) in [5, 5.41) is 11.1. The predicted molar refractivity (Wildman–Crippen MR) is 115 cm³/mol. The number of hydrogen-bond acceptors (Lipinski definition) is 4. The molecule has 2 fully saturated rings. The third-order valence-corrected chi connectivity index (χ3v) is 6.40. The molecule has 0 radical (unpaired) electrons. The topological polar surface area (TPSA) is 39.1 Å². The van der Waals surface area contributed by atoms with E-state index < -0.39 is 0 Å². The smallest absolute Gasteiger partial charge is 0.268 e. The van der Waals surface area contributed by atoms with Gasteiger partial charge in [-0.2, -0.15) is 5.10 Å². The zero-order valence-electron chi connectivity index (χ0n) is 17.0. The average molecular weight is 389 g/mol. The normalized spacial score (nSPS) is 24.2. The molecule has 5 rings (SSSR count). The molecule has 150 valence electrons. The van der Waals surface area contributed by atoms with Crippen LogP contribution in [0, 0.1) is 6.92 Å². The minimum Gasteiger partial charge on any atom is -0.297 e. The molecule has 5 nitrogen and oxygen atoms in total. The summed E-state index contributed by atoms with van der Waals surface area (Å²) in [6.45, 7) is 5.06. The summed E-state index contributed by atoms with van der Waals surface area (Å²) in [6.07, 6.45) is 6.29. The number of hydrazone groups is 1. The van der Waals surface area contributed by atoms with Crippen LogP contribution in [0.5, 0.6) is 0 Å². The zero-order valence-corrected chi connectivity index (χ0v) is 17.0. The van der Waals surface area contributed by atoms with Crippen molar-refractivity contribution in [2.24, 2.45) is 5.10 Å². The van der Waals surface area contributed by atoms with Gasteiger partial charge in [-0.15, -0.1) is 0 Å². The van der Waals surface area contributed by atoms with Crippen LogP contribution in [0.4, 0.5) is 0 Å². The number of carbonyl (C=O) groups is 1. The first kappa shape index (κ1) is 18.4. The first-order valence-corrected chi connectivity index (χ1v) is 10.7. The molecular formula is C24H28N4O. The Hall–Kier alpha value is -2.66. The van der Waals surface area contributed by atoms with E-state index in [9.17, 15) is 4.79 Å². The van der Waals surface area contributed by atoms with Gasteiger partial charge in [-0.05, 0) is 55.9 Å². The van der Waals surface area contributed by atoms with Crippen LogP contribution in [0.1, 0.15) is 52.4 Å². The Morgan fingerprint density at radius 2 is 1.86 bits per heavy atom. The van der Waals surface area contributed by atoms with Crippen molar-refractivity contribution in [3.63, 3.8) is 0 Å². The molecule has 1 amide bonds. The Morgan fingerprint density at radius 1 is 1.07 bits per heavy atom. The second kappa shape index (κ2) is 7.64. The highest BCUT2D eigenvalue weighted by Crippen LogP contribution is 2.41. The Labute approximate surface area is 172 Å². The van der Waals surface area contributed by atoms with Gasteiger partial charge in [-0.25, -0.2) is 5.01 Å². The monoisotopic (exact) mass is 388 g/mol. The van der Waals surface area contributed by atoms with E-state index in [4.69, 9.17) is 5.10 Å². The molecule has 2 aromatic rings. The first-order valence-electron chi connectivity index (χ1n) is 10.7. The molecule has 0 N–H and O–H groups in total. The van der Waals surface area contributed by atoms with Crippen LogP contribution < -0.4 is 0 Å². The SMILES string of the molecule is Cc1ccc2c(c1)CCN1[C@@H]2C[C@H](/C=N/N2CCCC2)N1C(=O)c1ccccc1. The van der Waals surface area contributed by atoms with Crippen molar-refractivity contribution in [1.29, 1.82) is 0 Å². The highest BCUT2D eigenvalue weighted by Gasteiger charge is 2.44. The van der Waals surface area contributed by atoms with Crippen LogP contribution >= 0.6 is 0 Å². The van der Waals surface area contributed by atoms with E-state index in [1.807, 2.05) is 41.6 Å². The first-order chi connectivity index (χ1) is 14.2. The summed E-state index contributed by atoms with van der Waals surface area (Å²) in [5.74, 6) is 0.0709. The lowest BCUT2D eigenvalue weighted by molar-refractivity contribution is -0.00624. The summed E-state index contributed by atoms with van der Waals surface area (Å²) in [5.41, 5.74) is 4.84. The zero-order chi connectivity index (χ0) is 19.8. The lowest BCUT2D eigenvalue weighted by Crippen LogP contribution is -2.48. The Bertz CT molecular complexity index is 920. The van der Waals surface area contributed by atoms with Crippen molar-refractivity contribution in [2.75, 3.05) is 19.6 Å². The molecule has 0 aromatic heterocycles. The van der Waals surface area contributed by atoms with Gasteiger partial charge in [0.05, 0.1) is 12.1 Å². The van der Waals surface area contributed by atoms with Gasteiger partial charge in [-0.1, -0.05) is 42.0 Å². The minimum absolute atomic E-state index is 0.0134. The van der Waals surface area contributed by atoms with Crippen LogP contribution in [0.15, 0.2) is 53.6 Å². The van der Waals surface area contributed by atoms with Crippen molar-refractivity contribution < 1.29 is 4.79 Å². The molecular weight excluding hydrogens is 360 g/mol. The fraction of sp³-hybridized carbons (Fsp3) is 0.417. The number of hydrazine groups is 1. The van der Waals surface area contributed by atoms with Crippen LogP contribution in [-0.2, 0) is 6.42 Å². The summed E-state index contributed by atoms with van der Waals surface area (Å²) >= 11 is 0. The van der Waals surface area contributed by atoms with E-state index in [1.54, 1.807) is 0 Å². The molecule has 0 unspecified atom stereocenters. The molecule has 0 saturated carbocycles. The van der Waals surface area contributed by atoms with Crippen molar-refractivity contribution >= 4 is 12.1 Å². The fourth-order valence-corrected chi connectivity index (χ4v) is 4.94. The Balaban J connectivity index is 1.48.